The van der Waals surface area contributed by atoms with Gasteiger partial charge in [0.15, 0.2) is 0 Å². The Morgan fingerprint density at radius 2 is 1.64 bits per heavy atom. The number of sulfonamides is 1. The van der Waals surface area contributed by atoms with Gasteiger partial charge in [-0.05, 0) is 63.4 Å². The molecule has 0 saturated heterocycles. The van der Waals surface area contributed by atoms with Crippen molar-refractivity contribution in [2.45, 2.75) is 46.7 Å². The number of aryl methyl sites for hydroxylation is 3. The van der Waals surface area contributed by atoms with Crippen LogP contribution in [0.1, 0.15) is 42.1 Å². The van der Waals surface area contributed by atoms with Crippen molar-refractivity contribution in [1.82, 2.24) is 5.32 Å². The maximum Gasteiger partial charge on any atom is 0.244 e. The summed E-state index contributed by atoms with van der Waals surface area (Å²) in [6.45, 7) is 9.23. The highest BCUT2D eigenvalue weighted by Crippen LogP contribution is 2.28. The van der Waals surface area contributed by atoms with Crippen LogP contribution in [0.15, 0.2) is 36.4 Å². The predicted octanol–water partition coefficient (Wildman–Crippen LogP) is 4.30. The average Bonchev–Trinajstić information content (AvgIpc) is 2.58. The smallest absolute Gasteiger partial charge is 0.244 e. The summed E-state index contributed by atoms with van der Waals surface area (Å²) in [5, 5.41) is 3.35. The first-order valence-corrected chi connectivity index (χ1v) is 11.3. The average molecular weight is 423 g/mol. The lowest BCUT2D eigenvalue weighted by molar-refractivity contribution is -0.122. The van der Waals surface area contributed by atoms with E-state index in [-0.39, 0.29) is 11.9 Å². The molecule has 0 aliphatic carbocycles. The summed E-state index contributed by atoms with van der Waals surface area (Å²) in [6, 6.07) is 9.86. The molecule has 0 spiro atoms. The first-order valence-electron chi connectivity index (χ1n) is 9.05. The van der Waals surface area contributed by atoms with Gasteiger partial charge in [-0.2, -0.15) is 0 Å². The number of anilines is 1. The van der Waals surface area contributed by atoms with Gasteiger partial charge in [-0.15, -0.1) is 0 Å². The quantitative estimate of drug-likeness (QED) is 0.754. The van der Waals surface area contributed by atoms with E-state index in [9.17, 15) is 13.2 Å². The van der Waals surface area contributed by atoms with Gasteiger partial charge in [0, 0.05) is 5.02 Å². The third-order valence-corrected chi connectivity index (χ3v) is 6.22. The largest absolute Gasteiger partial charge is 0.348 e. The van der Waals surface area contributed by atoms with Crippen LogP contribution in [0, 0.1) is 20.8 Å². The molecule has 2 aromatic carbocycles. The number of halogens is 1. The molecule has 7 heteroatoms. The fourth-order valence-corrected chi connectivity index (χ4v) is 4.63. The predicted molar refractivity (Wildman–Crippen MR) is 115 cm³/mol. The van der Waals surface area contributed by atoms with E-state index < -0.39 is 16.1 Å². The second kappa shape index (κ2) is 8.53. The minimum Gasteiger partial charge on any atom is -0.348 e. The monoisotopic (exact) mass is 422 g/mol. The van der Waals surface area contributed by atoms with Crippen molar-refractivity contribution >= 4 is 33.2 Å². The summed E-state index contributed by atoms with van der Waals surface area (Å²) in [6.07, 6.45) is 1.09. The molecule has 0 bridgehead atoms. The van der Waals surface area contributed by atoms with E-state index in [0.29, 0.717) is 10.7 Å². The lowest BCUT2D eigenvalue weighted by atomic mass is 10.00. The van der Waals surface area contributed by atoms with Gasteiger partial charge in [0.25, 0.3) is 0 Å². The highest BCUT2D eigenvalue weighted by Gasteiger charge is 2.31. The van der Waals surface area contributed by atoms with Crippen molar-refractivity contribution in [2.24, 2.45) is 0 Å². The zero-order chi connectivity index (χ0) is 21.2. The van der Waals surface area contributed by atoms with Crippen LogP contribution < -0.4 is 9.62 Å². The Balaban J connectivity index is 2.34. The molecule has 0 aliphatic rings. The molecule has 1 amide bonds. The van der Waals surface area contributed by atoms with E-state index in [0.717, 1.165) is 32.8 Å². The Labute approximate surface area is 172 Å². The van der Waals surface area contributed by atoms with E-state index in [4.69, 9.17) is 11.6 Å². The zero-order valence-electron chi connectivity index (χ0n) is 17.1. The summed E-state index contributed by atoms with van der Waals surface area (Å²) >= 11 is 6.07. The molecule has 0 unspecified atom stereocenters. The zero-order valence-corrected chi connectivity index (χ0v) is 18.6. The van der Waals surface area contributed by atoms with Gasteiger partial charge >= 0.3 is 0 Å². The first kappa shape index (κ1) is 22.2. The summed E-state index contributed by atoms with van der Waals surface area (Å²) in [5.41, 5.74) is 4.29. The van der Waals surface area contributed by atoms with Crippen LogP contribution in [0.3, 0.4) is 0 Å². The number of amides is 1. The molecule has 0 saturated carbocycles. The van der Waals surface area contributed by atoms with Crippen molar-refractivity contribution < 1.29 is 13.2 Å². The van der Waals surface area contributed by atoms with Gasteiger partial charge in [-0.1, -0.05) is 41.4 Å². The fraction of sp³-hybridized carbons (Fsp3) is 0.381. The maximum absolute atomic E-state index is 12.9. The van der Waals surface area contributed by atoms with Crippen molar-refractivity contribution in [3.8, 4) is 0 Å². The van der Waals surface area contributed by atoms with Crippen molar-refractivity contribution in [1.29, 1.82) is 0 Å². The summed E-state index contributed by atoms with van der Waals surface area (Å²) < 4.78 is 26.1. The molecule has 28 heavy (non-hydrogen) atoms. The van der Waals surface area contributed by atoms with Gasteiger partial charge in [-0.3, -0.25) is 9.10 Å². The Morgan fingerprint density at radius 3 is 2.25 bits per heavy atom. The minimum absolute atomic E-state index is 0.253. The van der Waals surface area contributed by atoms with Crippen LogP contribution in [0.4, 0.5) is 5.69 Å². The van der Waals surface area contributed by atoms with E-state index in [2.05, 4.69) is 5.32 Å². The molecule has 2 aromatic rings. The van der Waals surface area contributed by atoms with Gasteiger partial charge in [-0.25, -0.2) is 8.42 Å². The van der Waals surface area contributed by atoms with Crippen LogP contribution in [-0.2, 0) is 14.8 Å². The second-order valence-electron chi connectivity index (χ2n) is 7.26. The van der Waals surface area contributed by atoms with Gasteiger partial charge in [0.2, 0.25) is 15.9 Å². The molecule has 2 atom stereocenters. The molecule has 0 aromatic heterocycles. The molecule has 0 aliphatic heterocycles. The van der Waals surface area contributed by atoms with Crippen molar-refractivity contribution in [3.05, 3.63) is 63.7 Å². The third-order valence-electron chi connectivity index (χ3n) is 4.76. The number of carbonyl (C=O) groups excluding carboxylic acids is 1. The molecule has 0 fully saturated rings. The molecular weight excluding hydrogens is 396 g/mol. The Hall–Kier alpha value is -2.05. The number of benzene rings is 2. The third kappa shape index (κ3) is 5.06. The molecule has 5 nitrogen and oxygen atoms in total. The molecule has 1 N–H and O–H groups in total. The second-order valence-corrected chi connectivity index (χ2v) is 9.55. The van der Waals surface area contributed by atoms with Gasteiger partial charge < -0.3 is 5.32 Å². The van der Waals surface area contributed by atoms with Gasteiger partial charge in [0.1, 0.15) is 6.04 Å². The molecular formula is C21H27ClN2O3S. The van der Waals surface area contributed by atoms with E-state index in [1.807, 2.05) is 39.0 Å². The number of hydrogen-bond acceptors (Lipinski definition) is 3. The lowest BCUT2D eigenvalue weighted by Gasteiger charge is -2.30. The van der Waals surface area contributed by atoms with Crippen LogP contribution in [0.5, 0.6) is 0 Å². The minimum atomic E-state index is -3.70. The molecule has 152 valence electrons. The fourth-order valence-electron chi connectivity index (χ4n) is 3.24. The SMILES string of the molecule is Cc1ccc(C)c([C@H](C)NC(=O)[C@@H](C)N(c2cc(Cl)ccc2C)S(C)(=O)=O)c1. The molecule has 0 heterocycles. The van der Waals surface area contributed by atoms with Crippen LogP contribution in [-0.4, -0.2) is 26.6 Å². The van der Waals surface area contributed by atoms with E-state index in [1.54, 1.807) is 32.0 Å². The standard InChI is InChI=1S/C21H27ClN2O3S/c1-13-7-8-14(2)19(11-13)16(4)23-21(25)17(5)24(28(6,26)27)20-12-18(22)10-9-15(20)3/h7-12,16-17H,1-6H3,(H,23,25)/t16-,17+/m0/s1. The maximum atomic E-state index is 12.9. The summed E-state index contributed by atoms with van der Waals surface area (Å²) in [5.74, 6) is -0.377. The number of nitrogens with zero attached hydrogens (tertiary/aromatic N) is 1. The van der Waals surface area contributed by atoms with Crippen LogP contribution >= 0.6 is 11.6 Å². The van der Waals surface area contributed by atoms with Crippen molar-refractivity contribution in [3.63, 3.8) is 0 Å². The Bertz CT molecular complexity index is 989. The highest BCUT2D eigenvalue weighted by atomic mass is 35.5. The lowest BCUT2D eigenvalue weighted by Crippen LogP contribution is -2.48. The number of rotatable bonds is 6. The Morgan fingerprint density at radius 1 is 1.04 bits per heavy atom. The van der Waals surface area contributed by atoms with E-state index in [1.165, 1.54) is 0 Å². The van der Waals surface area contributed by atoms with E-state index >= 15 is 0 Å². The normalized spacial score (nSPS) is 13.7. The Kier molecular flexibility index (Phi) is 6.78. The summed E-state index contributed by atoms with van der Waals surface area (Å²) in [4.78, 5) is 12.9. The topological polar surface area (TPSA) is 66.5 Å². The number of hydrogen-bond donors (Lipinski definition) is 1. The first-order chi connectivity index (χ1) is 12.9. The van der Waals surface area contributed by atoms with Crippen LogP contribution in [0.25, 0.3) is 0 Å². The van der Waals surface area contributed by atoms with Crippen molar-refractivity contribution in [2.75, 3.05) is 10.6 Å². The molecule has 0 radical (unpaired) electrons. The van der Waals surface area contributed by atoms with Gasteiger partial charge in [0.05, 0.1) is 18.0 Å². The number of carbonyl (C=O) groups is 1. The number of nitrogens with one attached hydrogen (secondary N) is 1. The molecule has 2 rings (SSSR count). The highest BCUT2D eigenvalue weighted by molar-refractivity contribution is 7.92. The van der Waals surface area contributed by atoms with Crippen LogP contribution in [0.2, 0.25) is 5.02 Å². The summed E-state index contributed by atoms with van der Waals surface area (Å²) in [7, 11) is -3.70.